The van der Waals surface area contributed by atoms with Crippen molar-refractivity contribution in [2.75, 3.05) is 0 Å². The van der Waals surface area contributed by atoms with Crippen LogP contribution in [0.25, 0.3) is 32.6 Å². The minimum atomic E-state index is 0.679. The van der Waals surface area contributed by atoms with E-state index in [2.05, 4.69) is 60.7 Å². The van der Waals surface area contributed by atoms with Crippen molar-refractivity contribution in [1.29, 1.82) is 0 Å². The fraction of sp³-hybridized carbons (Fsp3) is 0.0476. The van der Waals surface area contributed by atoms with Gasteiger partial charge in [0.2, 0.25) is 0 Å². The van der Waals surface area contributed by atoms with Gasteiger partial charge in [0.25, 0.3) is 0 Å². The van der Waals surface area contributed by atoms with Gasteiger partial charge in [-0.15, -0.1) is 0 Å². The second kappa shape index (κ2) is 5.17. The zero-order valence-corrected chi connectivity index (χ0v) is 13.1. The van der Waals surface area contributed by atoms with E-state index in [1.165, 1.54) is 16.3 Å². The maximum Gasteiger partial charge on any atom is 0.121 e. The molecule has 0 saturated heterocycles. The van der Waals surface area contributed by atoms with Crippen LogP contribution < -0.4 is 0 Å². The molecule has 0 unspecified atom stereocenters. The first kappa shape index (κ1) is 13.3. The number of nitrogens with zero attached hydrogens (tertiary/aromatic N) is 3. The molecule has 0 spiro atoms. The monoisotopic (exact) mass is 309 g/mol. The fourth-order valence-corrected chi connectivity index (χ4v) is 3.38. The fourth-order valence-electron chi connectivity index (χ4n) is 3.38. The standard InChI is InChI=1S/C21H15N3/c1-2-8-15(9-3-1)14-24-22-20-18-12-6-4-10-16(18)17-11-5-7-13-19(17)21(20)23-24/h1-13H,14H2. The summed E-state index contributed by atoms with van der Waals surface area (Å²) in [6.45, 7) is 0.679. The van der Waals surface area contributed by atoms with Gasteiger partial charge in [-0.25, -0.2) is 0 Å². The van der Waals surface area contributed by atoms with Gasteiger partial charge >= 0.3 is 0 Å². The van der Waals surface area contributed by atoms with E-state index in [1.807, 2.05) is 18.2 Å². The number of benzene rings is 4. The van der Waals surface area contributed by atoms with Gasteiger partial charge in [0, 0.05) is 10.8 Å². The van der Waals surface area contributed by atoms with Crippen LogP contribution in [0.4, 0.5) is 0 Å². The van der Waals surface area contributed by atoms with Gasteiger partial charge in [-0.3, -0.25) is 0 Å². The van der Waals surface area contributed by atoms with E-state index in [0.29, 0.717) is 6.54 Å². The van der Waals surface area contributed by atoms with Crippen LogP contribution in [-0.4, -0.2) is 15.0 Å². The van der Waals surface area contributed by atoms with Crippen molar-refractivity contribution in [1.82, 2.24) is 15.0 Å². The summed E-state index contributed by atoms with van der Waals surface area (Å²) < 4.78 is 0. The van der Waals surface area contributed by atoms with Gasteiger partial charge in [-0.2, -0.15) is 15.0 Å². The maximum absolute atomic E-state index is 4.79. The molecule has 3 heteroatoms. The van der Waals surface area contributed by atoms with E-state index in [4.69, 9.17) is 10.2 Å². The number of hydrogen-bond donors (Lipinski definition) is 0. The van der Waals surface area contributed by atoms with Crippen LogP contribution in [0.2, 0.25) is 0 Å². The van der Waals surface area contributed by atoms with Crippen molar-refractivity contribution in [2.45, 2.75) is 6.54 Å². The molecule has 0 N–H and O–H groups in total. The molecular weight excluding hydrogens is 294 g/mol. The summed E-state index contributed by atoms with van der Waals surface area (Å²) in [5.74, 6) is 0. The topological polar surface area (TPSA) is 30.7 Å². The smallest absolute Gasteiger partial charge is 0.121 e. The molecule has 5 aromatic rings. The Bertz CT molecular complexity index is 1100. The van der Waals surface area contributed by atoms with Crippen molar-refractivity contribution in [3.8, 4) is 0 Å². The number of rotatable bonds is 2. The molecule has 1 heterocycles. The van der Waals surface area contributed by atoms with Crippen LogP contribution in [-0.2, 0) is 6.54 Å². The second-order valence-corrected chi connectivity index (χ2v) is 6.00. The highest BCUT2D eigenvalue weighted by Gasteiger charge is 2.13. The first-order valence-electron chi connectivity index (χ1n) is 8.08. The highest BCUT2D eigenvalue weighted by atomic mass is 15.5. The third-order valence-corrected chi connectivity index (χ3v) is 4.48. The van der Waals surface area contributed by atoms with Gasteiger partial charge in [0.15, 0.2) is 0 Å². The predicted octanol–water partition coefficient (Wildman–Crippen LogP) is 4.79. The SMILES string of the molecule is c1ccc(Cn2nc3c4ccccc4c4ccccc4c3n2)cc1. The minimum Gasteiger partial charge on any atom is -0.179 e. The molecule has 0 aliphatic rings. The van der Waals surface area contributed by atoms with Gasteiger partial charge in [0.05, 0.1) is 6.54 Å². The Morgan fingerprint density at radius 3 is 1.54 bits per heavy atom. The lowest BCUT2D eigenvalue weighted by Crippen LogP contribution is -2.03. The molecule has 0 saturated carbocycles. The summed E-state index contributed by atoms with van der Waals surface area (Å²) in [7, 11) is 0. The number of hydrogen-bond acceptors (Lipinski definition) is 2. The number of aromatic nitrogens is 3. The van der Waals surface area contributed by atoms with Crippen LogP contribution in [0, 0.1) is 0 Å². The Morgan fingerprint density at radius 1 is 0.542 bits per heavy atom. The Hall–Kier alpha value is -3.20. The molecule has 3 nitrogen and oxygen atoms in total. The largest absolute Gasteiger partial charge is 0.179 e. The number of fused-ring (bicyclic) bond motifs is 6. The third-order valence-electron chi connectivity index (χ3n) is 4.48. The lowest BCUT2D eigenvalue weighted by Gasteiger charge is -2.04. The van der Waals surface area contributed by atoms with Crippen molar-refractivity contribution in [2.24, 2.45) is 0 Å². The lowest BCUT2D eigenvalue weighted by molar-refractivity contribution is 0.601. The van der Waals surface area contributed by atoms with Crippen molar-refractivity contribution in [3.05, 3.63) is 84.4 Å². The van der Waals surface area contributed by atoms with E-state index in [9.17, 15) is 0 Å². The van der Waals surface area contributed by atoms with E-state index in [0.717, 1.165) is 21.8 Å². The minimum absolute atomic E-state index is 0.679. The molecule has 0 radical (unpaired) electrons. The summed E-state index contributed by atoms with van der Waals surface area (Å²) in [6.07, 6.45) is 0. The molecule has 0 aliphatic carbocycles. The van der Waals surface area contributed by atoms with Gasteiger partial charge in [-0.05, 0) is 16.3 Å². The van der Waals surface area contributed by atoms with Gasteiger partial charge in [0.1, 0.15) is 11.0 Å². The molecule has 1 aromatic heterocycles. The molecule has 0 fully saturated rings. The molecule has 0 amide bonds. The summed E-state index contributed by atoms with van der Waals surface area (Å²) >= 11 is 0. The Balaban J connectivity index is 1.82. The second-order valence-electron chi connectivity index (χ2n) is 6.00. The van der Waals surface area contributed by atoms with Crippen LogP contribution in [0.5, 0.6) is 0 Å². The van der Waals surface area contributed by atoms with Gasteiger partial charge < -0.3 is 0 Å². The van der Waals surface area contributed by atoms with Crippen molar-refractivity contribution < 1.29 is 0 Å². The van der Waals surface area contributed by atoms with E-state index < -0.39 is 0 Å². The Kier molecular flexibility index (Phi) is 2.85. The third kappa shape index (κ3) is 1.98. The molecule has 0 bridgehead atoms. The molecule has 0 aliphatic heterocycles. The van der Waals surface area contributed by atoms with E-state index >= 15 is 0 Å². The maximum atomic E-state index is 4.79. The van der Waals surface area contributed by atoms with Crippen LogP contribution in [0.15, 0.2) is 78.9 Å². The lowest BCUT2D eigenvalue weighted by atomic mass is 10.0. The van der Waals surface area contributed by atoms with Crippen molar-refractivity contribution >= 4 is 32.6 Å². The molecule has 114 valence electrons. The normalized spacial score (nSPS) is 11.5. The Labute approximate surface area is 139 Å². The van der Waals surface area contributed by atoms with Crippen LogP contribution >= 0.6 is 0 Å². The quantitative estimate of drug-likeness (QED) is 0.439. The van der Waals surface area contributed by atoms with E-state index in [1.54, 1.807) is 4.80 Å². The summed E-state index contributed by atoms with van der Waals surface area (Å²) in [5, 5.41) is 14.4. The average Bonchev–Trinajstić information content (AvgIpc) is 3.07. The van der Waals surface area contributed by atoms with E-state index in [-0.39, 0.29) is 0 Å². The molecule has 24 heavy (non-hydrogen) atoms. The zero-order valence-electron chi connectivity index (χ0n) is 13.1. The molecular formula is C21H15N3. The molecule has 4 aromatic carbocycles. The highest BCUT2D eigenvalue weighted by molar-refractivity contribution is 6.22. The first-order valence-corrected chi connectivity index (χ1v) is 8.08. The van der Waals surface area contributed by atoms with Gasteiger partial charge in [-0.1, -0.05) is 78.9 Å². The molecule has 0 atom stereocenters. The first-order chi connectivity index (χ1) is 11.9. The van der Waals surface area contributed by atoms with Crippen LogP contribution in [0.1, 0.15) is 5.56 Å². The predicted molar refractivity (Wildman–Crippen MR) is 98.1 cm³/mol. The highest BCUT2D eigenvalue weighted by Crippen LogP contribution is 2.32. The van der Waals surface area contributed by atoms with Crippen molar-refractivity contribution in [3.63, 3.8) is 0 Å². The summed E-state index contributed by atoms with van der Waals surface area (Å²) in [6, 6.07) is 27.2. The summed E-state index contributed by atoms with van der Waals surface area (Å²) in [4.78, 5) is 1.80. The molecule has 5 rings (SSSR count). The average molecular weight is 309 g/mol. The Morgan fingerprint density at radius 2 is 1.00 bits per heavy atom. The zero-order chi connectivity index (χ0) is 15.9. The van der Waals surface area contributed by atoms with Crippen LogP contribution in [0.3, 0.4) is 0 Å². The summed E-state index contributed by atoms with van der Waals surface area (Å²) in [5.41, 5.74) is 3.15.